The number of unbranched alkanes of at least 4 members (excludes halogenated alkanes) is 2. The van der Waals surface area contributed by atoms with Crippen molar-refractivity contribution in [3.05, 3.63) is 0 Å². The molecule has 82 valence electrons. The molecule has 0 saturated carbocycles. The van der Waals surface area contributed by atoms with Gasteiger partial charge in [0.15, 0.2) is 0 Å². The van der Waals surface area contributed by atoms with Gasteiger partial charge in [-0.15, -0.1) is 0 Å². The molecule has 1 atom stereocenters. The van der Waals surface area contributed by atoms with Crippen LogP contribution in [-0.4, -0.2) is 22.2 Å². The zero-order valence-electron chi connectivity index (χ0n) is 8.53. The number of hydrogen-bond acceptors (Lipinski definition) is 2. The molecule has 0 fully saturated rings. The van der Waals surface area contributed by atoms with Crippen LogP contribution < -0.4 is 0 Å². The normalized spacial score (nSPS) is 12.4. The first kappa shape index (κ1) is 12.9. The summed E-state index contributed by atoms with van der Waals surface area (Å²) in [5.74, 6) is -1.79. The van der Waals surface area contributed by atoms with Crippen molar-refractivity contribution >= 4 is 11.9 Å². The predicted molar refractivity (Wildman–Crippen MR) is 52.1 cm³/mol. The molecular formula is C10H18O4. The molecular weight excluding hydrogens is 184 g/mol. The number of carboxylic acid groups (broad SMARTS) is 2. The highest BCUT2D eigenvalue weighted by atomic mass is 16.4. The van der Waals surface area contributed by atoms with E-state index in [0.29, 0.717) is 19.3 Å². The van der Waals surface area contributed by atoms with Crippen molar-refractivity contribution in [2.24, 2.45) is 5.92 Å². The fourth-order valence-corrected chi connectivity index (χ4v) is 1.35. The molecule has 2 N–H and O–H groups in total. The van der Waals surface area contributed by atoms with Crippen molar-refractivity contribution in [3.8, 4) is 0 Å². The number of aliphatic carboxylic acids is 2. The maximum Gasteiger partial charge on any atom is 0.306 e. The van der Waals surface area contributed by atoms with Crippen molar-refractivity contribution in [1.82, 2.24) is 0 Å². The molecule has 0 unspecified atom stereocenters. The van der Waals surface area contributed by atoms with Gasteiger partial charge in [0.2, 0.25) is 0 Å². The summed E-state index contributed by atoms with van der Waals surface area (Å²) < 4.78 is 0. The second kappa shape index (κ2) is 7.35. The number of carbonyl (C=O) groups is 2. The van der Waals surface area contributed by atoms with Gasteiger partial charge in [-0.1, -0.05) is 19.8 Å². The summed E-state index contributed by atoms with van der Waals surface area (Å²) in [6, 6.07) is 0. The third-order valence-electron chi connectivity index (χ3n) is 2.29. The Bertz CT molecular complexity index is 189. The van der Waals surface area contributed by atoms with Gasteiger partial charge in [-0.05, 0) is 19.3 Å². The summed E-state index contributed by atoms with van der Waals surface area (Å²) in [7, 11) is 0. The molecule has 0 rings (SSSR count). The van der Waals surface area contributed by atoms with Crippen LogP contribution in [0, 0.1) is 5.92 Å². The Morgan fingerprint density at radius 1 is 1.14 bits per heavy atom. The van der Waals surface area contributed by atoms with Crippen LogP contribution in [-0.2, 0) is 9.59 Å². The van der Waals surface area contributed by atoms with Crippen molar-refractivity contribution in [2.75, 3.05) is 0 Å². The van der Waals surface area contributed by atoms with Gasteiger partial charge in [0, 0.05) is 6.42 Å². The van der Waals surface area contributed by atoms with Gasteiger partial charge in [0.05, 0.1) is 5.92 Å². The van der Waals surface area contributed by atoms with E-state index in [9.17, 15) is 9.59 Å². The van der Waals surface area contributed by atoms with Crippen LogP contribution in [0.3, 0.4) is 0 Å². The van der Waals surface area contributed by atoms with E-state index in [2.05, 4.69) is 0 Å². The first-order chi connectivity index (χ1) is 6.57. The summed E-state index contributed by atoms with van der Waals surface area (Å²) in [6.45, 7) is 1.86. The summed E-state index contributed by atoms with van der Waals surface area (Å²) in [6.07, 6.45) is 3.74. The Balaban J connectivity index is 3.42. The minimum absolute atomic E-state index is 0.184. The largest absolute Gasteiger partial charge is 0.481 e. The topological polar surface area (TPSA) is 74.6 Å². The molecule has 14 heavy (non-hydrogen) atoms. The van der Waals surface area contributed by atoms with E-state index in [1.165, 1.54) is 0 Å². The lowest BCUT2D eigenvalue weighted by atomic mass is 9.98. The summed E-state index contributed by atoms with van der Waals surface area (Å²) in [4.78, 5) is 20.8. The maximum absolute atomic E-state index is 10.6. The Morgan fingerprint density at radius 2 is 1.79 bits per heavy atom. The van der Waals surface area contributed by atoms with E-state index >= 15 is 0 Å². The first-order valence-corrected chi connectivity index (χ1v) is 5.02. The van der Waals surface area contributed by atoms with E-state index in [0.717, 1.165) is 12.8 Å². The van der Waals surface area contributed by atoms with Gasteiger partial charge in [0.1, 0.15) is 0 Å². The standard InChI is InChI=1S/C10H18O4/c1-2-8(10(13)14)6-4-3-5-7-9(11)12/h8H,2-7H2,1H3,(H,11,12)(H,13,14)/t8-/m1/s1. The molecule has 0 aliphatic rings. The molecule has 0 aliphatic carbocycles. The quantitative estimate of drug-likeness (QED) is 0.591. The van der Waals surface area contributed by atoms with Crippen LogP contribution in [0.15, 0.2) is 0 Å². The molecule has 0 bridgehead atoms. The first-order valence-electron chi connectivity index (χ1n) is 5.02. The molecule has 0 aromatic heterocycles. The molecule has 4 nitrogen and oxygen atoms in total. The summed E-state index contributed by atoms with van der Waals surface area (Å²) in [5.41, 5.74) is 0. The molecule has 0 aliphatic heterocycles. The third-order valence-corrected chi connectivity index (χ3v) is 2.29. The number of rotatable bonds is 8. The number of carboxylic acids is 2. The minimum Gasteiger partial charge on any atom is -0.481 e. The van der Waals surface area contributed by atoms with Gasteiger partial charge in [-0.25, -0.2) is 0 Å². The fraction of sp³-hybridized carbons (Fsp3) is 0.800. The lowest BCUT2D eigenvalue weighted by molar-refractivity contribution is -0.142. The monoisotopic (exact) mass is 202 g/mol. The zero-order valence-corrected chi connectivity index (χ0v) is 8.53. The Labute approximate surface area is 83.9 Å². The minimum atomic E-state index is -0.782. The van der Waals surface area contributed by atoms with E-state index in [1.807, 2.05) is 6.92 Å². The van der Waals surface area contributed by atoms with Crippen molar-refractivity contribution in [1.29, 1.82) is 0 Å². The zero-order chi connectivity index (χ0) is 11.0. The second-order valence-corrected chi connectivity index (χ2v) is 3.44. The van der Waals surface area contributed by atoms with Crippen LogP contribution in [0.2, 0.25) is 0 Å². The molecule has 0 saturated heterocycles. The molecule has 0 radical (unpaired) electrons. The molecule has 0 amide bonds. The average molecular weight is 202 g/mol. The highest BCUT2D eigenvalue weighted by Crippen LogP contribution is 2.14. The molecule has 0 heterocycles. The molecule has 4 heteroatoms. The third kappa shape index (κ3) is 6.46. The van der Waals surface area contributed by atoms with E-state index < -0.39 is 11.9 Å². The smallest absolute Gasteiger partial charge is 0.306 e. The number of hydrogen-bond donors (Lipinski definition) is 2. The SMILES string of the molecule is CC[C@H](CCCCCC(=O)O)C(=O)O. The van der Waals surface area contributed by atoms with Crippen LogP contribution >= 0.6 is 0 Å². The summed E-state index contributed by atoms with van der Waals surface area (Å²) >= 11 is 0. The van der Waals surface area contributed by atoms with Crippen molar-refractivity contribution < 1.29 is 19.8 Å². The van der Waals surface area contributed by atoms with Crippen LogP contribution in [0.5, 0.6) is 0 Å². The van der Waals surface area contributed by atoms with Crippen LogP contribution in [0.25, 0.3) is 0 Å². The Hall–Kier alpha value is -1.06. The lowest BCUT2D eigenvalue weighted by Crippen LogP contribution is -2.12. The highest BCUT2D eigenvalue weighted by Gasteiger charge is 2.13. The van der Waals surface area contributed by atoms with Gasteiger partial charge < -0.3 is 10.2 Å². The Morgan fingerprint density at radius 3 is 2.21 bits per heavy atom. The molecule has 0 spiro atoms. The van der Waals surface area contributed by atoms with Gasteiger partial charge in [-0.2, -0.15) is 0 Å². The van der Waals surface area contributed by atoms with Crippen LogP contribution in [0.1, 0.15) is 45.4 Å². The van der Waals surface area contributed by atoms with Gasteiger partial charge in [0.25, 0.3) is 0 Å². The highest BCUT2D eigenvalue weighted by molar-refractivity contribution is 5.69. The fourth-order valence-electron chi connectivity index (χ4n) is 1.35. The van der Waals surface area contributed by atoms with Gasteiger partial charge >= 0.3 is 11.9 Å². The van der Waals surface area contributed by atoms with E-state index in [4.69, 9.17) is 10.2 Å². The van der Waals surface area contributed by atoms with Crippen LogP contribution in [0.4, 0.5) is 0 Å². The lowest BCUT2D eigenvalue weighted by Gasteiger charge is -2.08. The average Bonchev–Trinajstić information content (AvgIpc) is 2.10. The van der Waals surface area contributed by atoms with E-state index in [-0.39, 0.29) is 12.3 Å². The van der Waals surface area contributed by atoms with Crippen molar-refractivity contribution in [3.63, 3.8) is 0 Å². The second-order valence-electron chi connectivity index (χ2n) is 3.44. The van der Waals surface area contributed by atoms with Gasteiger partial charge in [-0.3, -0.25) is 9.59 Å². The van der Waals surface area contributed by atoms with Crippen molar-refractivity contribution in [2.45, 2.75) is 45.4 Å². The predicted octanol–water partition coefficient (Wildman–Crippen LogP) is 2.13. The maximum atomic E-state index is 10.6. The van der Waals surface area contributed by atoms with E-state index in [1.54, 1.807) is 0 Å². The summed E-state index contributed by atoms with van der Waals surface area (Å²) in [5, 5.41) is 17.1. The Kier molecular flexibility index (Phi) is 6.80. The molecule has 0 aromatic carbocycles. The molecule has 0 aromatic rings.